The molecule has 8 heteroatoms. The molecule has 4 aromatic rings. The largest absolute Gasteiger partial charge is 0.494 e. The molecule has 0 fully saturated rings. The minimum absolute atomic E-state index is 0.139. The van der Waals surface area contributed by atoms with Gasteiger partial charge in [0.25, 0.3) is 11.8 Å². The molecule has 198 valence electrons. The highest BCUT2D eigenvalue weighted by molar-refractivity contribution is 5.95. The van der Waals surface area contributed by atoms with Crippen molar-refractivity contribution in [2.45, 2.75) is 18.9 Å². The number of nitriles is 1. The van der Waals surface area contributed by atoms with Crippen LogP contribution in [0.2, 0.25) is 0 Å². The van der Waals surface area contributed by atoms with Crippen molar-refractivity contribution in [2.75, 3.05) is 19.7 Å². The summed E-state index contributed by atoms with van der Waals surface area (Å²) in [5, 5.41) is 12.3. The Labute approximate surface area is 231 Å². The average Bonchev–Trinajstić information content (AvgIpc) is 2.99. The van der Waals surface area contributed by atoms with Gasteiger partial charge in [0, 0.05) is 24.8 Å². The molecule has 2 amide bonds. The summed E-state index contributed by atoms with van der Waals surface area (Å²) in [6.45, 7) is 1.35. The molecule has 0 saturated heterocycles. The number of carbonyl (C=O) groups excluding carboxylic acids is 2. The van der Waals surface area contributed by atoms with E-state index in [0.29, 0.717) is 66.5 Å². The quantitative estimate of drug-likeness (QED) is 0.370. The van der Waals surface area contributed by atoms with E-state index in [2.05, 4.69) is 16.4 Å². The van der Waals surface area contributed by atoms with E-state index in [1.54, 1.807) is 36.5 Å². The van der Waals surface area contributed by atoms with Crippen molar-refractivity contribution in [1.82, 2.24) is 15.2 Å². The summed E-state index contributed by atoms with van der Waals surface area (Å²) in [6.07, 6.45) is 4.34. The Balaban J connectivity index is 1.43. The second-order valence-electron chi connectivity index (χ2n) is 9.75. The number of hydrogen-bond acceptors (Lipinski definition) is 6. The number of rotatable bonds is 1. The summed E-state index contributed by atoms with van der Waals surface area (Å²) in [4.78, 5) is 32.5. The van der Waals surface area contributed by atoms with Crippen molar-refractivity contribution in [3.8, 4) is 23.3 Å². The third-order valence-corrected chi connectivity index (χ3v) is 7.10. The van der Waals surface area contributed by atoms with Gasteiger partial charge in [-0.3, -0.25) is 14.6 Å². The fourth-order valence-corrected chi connectivity index (χ4v) is 5.21. The van der Waals surface area contributed by atoms with Crippen LogP contribution in [0.4, 0.5) is 0 Å². The highest BCUT2D eigenvalue weighted by Gasteiger charge is 2.33. The number of pyridine rings is 1. The number of amides is 2. The first kappa shape index (κ1) is 25.1. The van der Waals surface area contributed by atoms with E-state index in [0.717, 1.165) is 16.7 Å². The van der Waals surface area contributed by atoms with Gasteiger partial charge >= 0.3 is 0 Å². The highest BCUT2D eigenvalue weighted by Crippen LogP contribution is 2.39. The number of carbonyl (C=O) groups is 2. The Morgan fingerprint density at radius 2 is 1.90 bits per heavy atom. The van der Waals surface area contributed by atoms with Crippen LogP contribution < -0.4 is 14.8 Å². The van der Waals surface area contributed by atoms with Crippen molar-refractivity contribution in [2.24, 2.45) is 0 Å². The lowest BCUT2D eigenvalue weighted by Crippen LogP contribution is -2.40. The van der Waals surface area contributed by atoms with Crippen LogP contribution in [0.15, 0.2) is 85.2 Å². The molecule has 40 heavy (non-hydrogen) atoms. The van der Waals surface area contributed by atoms with Crippen LogP contribution in [0.3, 0.4) is 0 Å². The normalized spacial score (nSPS) is 16.4. The van der Waals surface area contributed by atoms with Gasteiger partial charge in [0.05, 0.1) is 36.0 Å². The highest BCUT2D eigenvalue weighted by atomic mass is 16.5. The van der Waals surface area contributed by atoms with Gasteiger partial charge in [-0.05, 0) is 78.1 Å². The number of fused-ring (bicyclic) bond motifs is 6. The number of ether oxygens (including phenoxy) is 2. The Morgan fingerprint density at radius 1 is 1.00 bits per heavy atom. The summed E-state index contributed by atoms with van der Waals surface area (Å²) >= 11 is 0. The first-order chi connectivity index (χ1) is 19.6. The number of aromatic nitrogens is 1. The molecule has 8 nitrogen and oxygen atoms in total. The molecule has 7 rings (SSSR count). The molecule has 1 unspecified atom stereocenters. The first-order valence-electron chi connectivity index (χ1n) is 13.2. The van der Waals surface area contributed by atoms with E-state index in [4.69, 9.17) is 9.47 Å². The maximum atomic E-state index is 13.8. The second kappa shape index (κ2) is 10.9. The van der Waals surface area contributed by atoms with Crippen LogP contribution in [0.5, 0.6) is 17.2 Å². The number of hydrogen-bond donors (Lipinski definition) is 1. The number of nitrogens with zero attached hydrogens (tertiary/aromatic N) is 3. The lowest BCUT2D eigenvalue weighted by molar-refractivity contribution is 0.0694. The number of benzene rings is 3. The molecule has 1 N–H and O–H groups in total. The van der Waals surface area contributed by atoms with E-state index < -0.39 is 0 Å². The molecule has 8 bridgehead atoms. The van der Waals surface area contributed by atoms with Gasteiger partial charge in [-0.25, -0.2) is 0 Å². The van der Waals surface area contributed by atoms with Crippen molar-refractivity contribution in [3.63, 3.8) is 0 Å². The van der Waals surface area contributed by atoms with Gasteiger partial charge in [0.2, 0.25) is 0 Å². The van der Waals surface area contributed by atoms with Crippen LogP contribution in [0.1, 0.15) is 55.4 Å². The lowest BCUT2D eigenvalue weighted by atomic mass is 9.87. The van der Waals surface area contributed by atoms with Crippen LogP contribution in [-0.4, -0.2) is 41.4 Å². The van der Waals surface area contributed by atoms with Gasteiger partial charge in [-0.1, -0.05) is 24.3 Å². The zero-order chi connectivity index (χ0) is 27.5. The van der Waals surface area contributed by atoms with E-state index in [1.807, 2.05) is 47.4 Å². The predicted octanol–water partition coefficient (Wildman–Crippen LogP) is 5.05. The van der Waals surface area contributed by atoms with Crippen LogP contribution >= 0.6 is 0 Å². The van der Waals surface area contributed by atoms with Crippen LogP contribution in [0.25, 0.3) is 0 Å². The van der Waals surface area contributed by atoms with E-state index >= 15 is 0 Å². The minimum atomic E-state index is -0.359. The van der Waals surface area contributed by atoms with Crippen molar-refractivity contribution in [3.05, 3.63) is 119 Å². The topological polar surface area (TPSA) is 105 Å². The summed E-state index contributed by atoms with van der Waals surface area (Å²) in [7, 11) is 0. The monoisotopic (exact) mass is 530 g/mol. The van der Waals surface area contributed by atoms with Crippen molar-refractivity contribution >= 4 is 11.8 Å². The zero-order valence-electron chi connectivity index (χ0n) is 21.7. The molecular formula is C32H26N4O4. The van der Waals surface area contributed by atoms with Gasteiger partial charge in [0.15, 0.2) is 0 Å². The Hall–Kier alpha value is -5.16. The van der Waals surface area contributed by atoms with Gasteiger partial charge in [-0.2, -0.15) is 5.26 Å². The maximum absolute atomic E-state index is 13.8. The molecule has 3 aliphatic rings. The molecular weight excluding hydrogens is 504 g/mol. The van der Waals surface area contributed by atoms with Crippen molar-refractivity contribution < 1.29 is 19.1 Å². The molecule has 1 atom stereocenters. The van der Waals surface area contributed by atoms with E-state index in [1.165, 1.54) is 6.20 Å². The third-order valence-electron chi connectivity index (χ3n) is 7.10. The first-order valence-corrected chi connectivity index (χ1v) is 13.2. The Kier molecular flexibility index (Phi) is 6.86. The van der Waals surface area contributed by atoms with Gasteiger partial charge < -0.3 is 19.7 Å². The van der Waals surface area contributed by atoms with Crippen LogP contribution in [0, 0.1) is 11.3 Å². The van der Waals surface area contributed by atoms with E-state index in [9.17, 15) is 14.9 Å². The summed E-state index contributed by atoms with van der Waals surface area (Å²) < 4.78 is 12.1. The molecule has 0 radical (unpaired) electrons. The molecule has 0 spiro atoms. The predicted molar refractivity (Wildman–Crippen MR) is 147 cm³/mol. The van der Waals surface area contributed by atoms with Crippen molar-refractivity contribution in [1.29, 1.82) is 5.26 Å². The molecule has 3 aliphatic heterocycles. The summed E-state index contributed by atoms with van der Waals surface area (Å²) in [5.41, 5.74) is 4.31. The summed E-state index contributed by atoms with van der Waals surface area (Å²) in [6, 6.07) is 23.9. The average molecular weight is 531 g/mol. The molecule has 1 aromatic heterocycles. The number of nitrogens with one attached hydrogen (secondary N) is 1. The second-order valence-corrected chi connectivity index (χ2v) is 9.75. The maximum Gasteiger partial charge on any atom is 0.254 e. The van der Waals surface area contributed by atoms with Crippen LogP contribution in [-0.2, 0) is 6.42 Å². The Morgan fingerprint density at radius 3 is 2.80 bits per heavy atom. The van der Waals surface area contributed by atoms with Gasteiger partial charge in [-0.15, -0.1) is 0 Å². The molecule has 0 saturated carbocycles. The fourth-order valence-electron chi connectivity index (χ4n) is 5.21. The Bertz CT molecular complexity index is 1640. The smallest absolute Gasteiger partial charge is 0.254 e. The lowest BCUT2D eigenvalue weighted by Gasteiger charge is -2.38. The third kappa shape index (κ3) is 5.09. The summed E-state index contributed by atoms with van der Waals surface area (Å²) in [5.74, 6) is 1.41. The SMILES string of the molecule is N#Cc1cccc(C(=O)N2CCc3cc4ccc3C2c2cccc(c2)OCCCNC(=O)c2cncc(c2)O4)c1. The van der Waals surface area contributed by atoms with E-state index in [-0.39, 0.29) is 17.9 Å². The molecule has 3 aromatic carbocycles. The standard InChI is InChI=1S/C32H26N4O4/c33-18-21-4-1-6-24(14-21)32(38)36-12-10-22-15-27-8-9-29(22)30(36)23-5-2-7-26(16-23)39-13-3-11-35-31(37)25-17-28(40-27)20-34-19-25/h1-2,4-9,14-17,19-20,30H,3,10-13H2,(H,35,37). The molecule has 4 heterocycles. The molecule has 0 aliphatic carbocycles. The fraction of sp³-hybridized carbons (Fsp3) is 0.188. The van der Waals surface area contributed by atoms with Gasteiger partial charge in [0.1, 0.15) is 17.2 Å². The minimum Gasteiger partial charge on any atom is -0.494 e. The zero-order valence-corrected chi connectivity index (χ0v) is 21.7.